The number of pyridine rings is 1. The molecule has 0 aliphatic rings. The summed E-state index contributed by atoms with van der Waals surface area (Å²) in [5.41, 5.74) is 2.24. The molecule has 0 bridgehead atoms. The summed E-state index contributed by atoms with van der Waals surface area (Å²) in [6, 6.07) is 6.16. The molecule has 0 aliphatic carbocycles. The molecule has 0 radical (unpaired) electrons. The van der Waals surface area contributed by atoms with Crippen molar-refractivity contribution >= 4 is 34.6 Å². The van der Waals surface area contributed by atoms with Gasteiger partial charge in [0.05, 0.1) is 10.6 Å². The van der Waals surface area contributed by atoms with Gasteiger partial charge in [0.25, 0.3) is 5.69 Å². The Morgan fingerprint density at radius 1 is 1.35 bits per heavy atom. The molecule has 0 saturated heterocycles. The van der Waals surface area contributed by atoms with Gasteiger partial charge >= 0.3 is 0 Å². The highest BCUT2D eigenvalue weighted by atomic mass is 35.5. The second-order valence-electron chi connectivity index (χ2n) is 4.24. The summed E-state index contributed by atoms with van der Waals surface area (Å²) in [4.78, 5) is 14.3. The van der Waals surface area contributed by atoms with Crippen molar-refractivity contribution in [2.24, 2.45) is 0 Å². The number of nitrogens with one attached hydrogen (secondary N) is 1. The Balaban J connectivity index is 2.20. The third kappa shape index (κ3) is 3.37. The van der Waals surface area contributed by atoms with E-state index in [2.05, 4.69) is 10.3 Å². The number of aryl methyl sites for hydroxylation is 1. The van der Waals surface area contributed by atoms with E-state index in [4.69, 9.17) is 23.2 Å². The number of anilines is 1. The summed E-state index contributed by atoms with van der Waals surface area (Å²) in [7, 11) is 0. The van der Waals surface area contributed by atoms with Gasteiger partial charge in [0.15, 0.2) is 5.15 Å². The molecule has 0 amide bonds. The van der Waals surface area contributed by atoms with E-state index in [-0.39, 0.29) is 5.69 Å². The third-order valence-electron chi connectivity index (χ3n) is 2.69. The van der Waals surface area contributed by atoms with Gasteiger partial charge in [-0.05, 0) is 30.2 Å². The molecule has 1 aromatic carbocycles. The Morgan fingerprint density at radius 2 is 2.10 bits per heavy atom. The van der Waals surface area contributed by atoms with Crippen molar-refractivity contribution in [2.45, 2.75) is 13.5 Å². The Kier molecular flexibility index (Phi) is 4.42. The molecule has 104 valence electrons. The molecule has 0 fully saturated rings. The van der Waals surface area contributed by atoms with E-state index in [1.807, 2.05) is 13.0 Å². The van der Waals surface area contributed by atoms with E-state index in [1.54, 1.807) is 6.20 Å². The number of nitro groups is 1. The number of rotatable bonds is 4. The first-order valence-corrected chi connectivity index (χ1v) is 6.52. The first kappa shape index (κ1) is 14.6. The standard InChI is InChI=1S/C13H11Cl2N3O2/c1-8-4-12(13(15)17-6-8)16-7-9-5-10(18(19)20)2-3-11(9)14/h2-6,16H,7H2,1H3. The van der Waals surface area contributed by atoms with Crippen LogP contribution in [0.25, 0.3) is 0 Å². The van der Waals surface area contributed by atoms with Crippen molar-refractivity contribution < 1.29 is 4.92 Å². The normalized spacial score (nSPS) is 10.3. The van der Waals surface area contributed by atoms with E-state index in [0.29, 0.717) is 28.0 Å². The van der Waals surface area contributed by atoms with Crippen molar-refractivity contribution in [3.05, 3.63) is 61.9 Å². The van der Waals surface area contributed by atoms with Crippen LogP contribution in [0.2, 0.25) is 10.2 Å². The van der Waals surface area contributed by atoms with E-state index in [0.717, 1.165) is 5.56 Å². The molecule has 0 atom stereocenters. The van der Waals surface area contributed by atoms with Gasteiger partial charge in [-0.2, -0.15) is 0 Å². The highest BCUT2D eigenvalue weighted by Crippen LogP contribution is 2.25. The smallest absolute Gasteiger partial charge is 0.269 e. The molecule has 0 aliphatic heterocycles. The molecule has 2 rings (SSSR count). The zero-order valence-corrected chi connectivity index (χ0v) is 12.1. The van der Waals surface area contributed by atoms with Gasteiger partial charge in [0, 0.05) is 29.9 Å². The Labute approximate surface area is 125 Å². The number of hydrogen-bond acceptors (Lipinski definition) is 4. The van der Waals surface area contributed by atoms with Gasteiger partial charge in [-0.3, -0.25) is 10.1 Å². The van der Waals surface area contributed by atoms with E-state index in [1.165, 1.54) is 18.2 Å². The molecular formula is C13H11Cl2N3O2. The zero-order valence-electron chi connectivity index (χ0n) is 10.6. The van der Waals surface area contributed by atoms with Crippen LogP contribution in [-0.2, 0) is 6.54 Å². The zero-order chi connectivity index (χ0) is 14.7. The van der Waals surface area contributed by atoms with Crippen LogP contribution in [0.5, 0.6) is 0 Å². The molecule has 1 aromatic heterocycles. The topological polar surface area (TPSA) is 68.1 Å². The second kappa shape index (κ2) is 6.07. The van der Waals surface area contributed by atoms with Gasteiger partial charge in [-0.25, -0.2) is 4.98 Å². The number of non-ortho nitro benzene ring substituents is 1. The lowest BCUT2D eigenvalue weighted by atomic mass is 10.2. The highest BCUT2D eigenvalue weighted by molar-refractivity contribution is 6.32. The van der Waals surface area contributed by atoms with Crippen molar-refractivity contribution in [1.29, 1.82) is 0 Å². The number of aromatic nitrogens is 1. The average molecular weight is 312 g/mol. The summed E-state index contributed by atoms with van der Waals surface area (Å²) >= 11 is 12.0. The molecule has 20 heavy (non-hydrogen) atoms. The lowest BCUT2D eigenvalue weighted by Gasteiger charge is -2.09. The van der Waals surface area contributed by atoms with Crippen LogP contribution in [0, 0.1) is 17.0 Å². The maximum Gasteiger partial charge on any atom is 0.269 e. The van der Waals surface area contributed by atoms with Crippen LogP contribution >= 0.6 is 23.2 Å². The lowest BCUT2D eigenvalue weighted by molar-refractivity contribution is -0.384. The second-order valence-corrected chi connectivity index (χ2v) is 5.00. The Bertz CT molecular complexity index is 662. The minimum atomic E-state index is -0.457. The van der Waals surface area contributed by atoms with Gasteiger partial charge in [0.1, 0.15) is 0 Å². The largest absolute Gasteiger partial charge is 0.378 e. The van der Waals surface area contributed by atoms with E-state index in [9.17, 15) is 10.1 Å². The SMILES string of the molecule is Cc1cnc(Cl)c(NCc2cc([N+](=O)[O-])ccc2Cl)c1. The molecule has 7 heteroatoms. The van der Waals surface area contributed by atoms with Crippen LogP contribution < -0.4 is 5.32 Å². The minimum absolute atomic E-state index is 0.000311. The molecule has 0 unspecified atom stereocenters. The maximum absolute atomic E-state index is 10.7. The Morgan fingerprint density at radius 3 is 2.80 bits per heavy atom. The van der Waals surface area contributed by atoms with E-state index < -0.39 is 4.92 Å². The molecule has 2 aromatic rings. The predicted octanol–water partition coefficient (Wildman–Crippen LogP) is 4.22. The molecule has 1 heterocycles. The first-order chi connectivity index (χ1) is 9.47. The fourth-order valence-electron chi connectivity index (χ4n) is 1.68. The molecule has 5 nitrogen and oxygen atoms in total. The molecule has 1 N–H and O–H groups in total. The number of nitrogens with zero attached hydrogens (tertiary/aromatic N) is 2. The van der Waals surface area contributed by atoms with E-state index >= 15 is 0 Å². The van der Waals surface area contributed by atoms with Crippen LogP contribution in [0.1, 0.15) is 11.1 Å². The van der Waals surface area contributed by atoms with Gasteiger partial charge in [0.2, 0.25) is 0 Å². The number of halogens is 2. The maximum atomic E-state index is 10.7. The van der Waals surface area contributed by atoms with Gasteiger partial charge in [-0.15, -0.1) is 0 Å². The first-order valence-electron chi connectivity index (χ1n) is 5.76. The number of benzene rings is 1. The van der Waals surface area contributed by atoms with Crippen molar-refractivity contribution in [1.82, 2.24) is 4.98 Å². The summed E-state index contributed by atoms with van der Waals surface area (Å²) < 4.78 is 0. The summed E-state index contributed by atoms with van der Waals surface area (Å²) in [5, 5.41) is 14.6. The minimum Gasteiger partial charge on any atom is -0.378 e. The average Bonchev–Trinajstić information content (AvgIpc) is 2.41. The third-order valence-corrected chi connectivity index (χ3v) is 3.36. The predicted molar refractivity (Wildman–Crippen MR) is 79.4 cm³/mol. The fourth-order valence-corrected chi connectivity index (χ4v) is 2.03. The van der Waals surface area contributed by atoms with Crippen LogP contribution in [0.15, 0.2) is 30.5 Å². The van der Waals surface area contributed by atoms with Crippen LogP contribution in [0.3, 0.4) is 0 Å². The number of hydrogen-bond donors (Lipinski definition) is 1. The van der Waals surface area contributed by atoms with Gasteiger partial charge in [-0.1, -0.05) is 23.2 Å². The van der Waals surface area contributed by atoms with Crippen molar-refractivity contribution in [3.8, 4) is 0 Å². The van der Waals surface area contributed by atoms with Crippen LogP contribution in [-0.4, -0.2) is 9.91 Å². The van der Waals surface area contributed by atoms with Crippen molar-refractivity contribution in [3.63, 3.8) is 0 Å². The summed E-state index contributed by atoms with van der Waals surface area (Å²) in [6.07, 6.45) is 1.66. The fraction of sp³-hybridized carbons (Fsp3) is 0.154. The number of nitro benzene ring substituents is 1. The lowest BCUT2D eigenvalue weighted by Crippen LogP contribution is -2.02. The summed E-state index contributed by atoms with van der Waals surface area (Å²) in [6.45, 7) is 2.22. The molecule has 0 spiro atoms. The molecular weight excluding hydrogens is 301 g/mol. The van der Waals surface area contributed by atoms with Gasteiger partial charge < -0.3 is 5.32 Å². The van der Waals surface area contributed by atoms with Crippen LogP contribution in [0.4, 0.5) is 11.4 Å². The summed E-state index contributed by atoms with van der Waals surface area (Å²) in [5.74, 6) is 0. The molecule has 0 saturated carbocycles. The highest BCUT2D eigenvalue weighted by Gasteiger charge is 2.10. The Hall–Kier alpha value is -1.85. The monoisotopic (exact) mass is 311 g/mol. The van der Waals surface area contributed by atoms with Crippen molar-refractivity contribution in [2.75, 3.05) is 5.32 Å². The quantitative estimate of drug-likeness (QED) is 0.521.